The molecule has 0 N–H and O–H groups in total. The van der Waals surface area contributed by atoms with Crippen LogP contribution in [0, 0.1) is 0 Å². The molecule has 0 bridgehead atoms. The molecule has 0 aromatic heterocycles. The van der Waals surface area contributed by atoms with Crippen molar-refractivity contribution in [3.63, 3.8) is 0 Å². The highest BCUT2D eigenvalue weighted by Gasteiger charge is 2.26. The molecule has 0 heterocycles. The van der Waals surface area contributed by atoms with E-state index in [4.69, 9.17) is 21.1 Å². The Morgan fingerprint density at radius 1 is 1.20 bits per heavy atom. The molecular weight excluding hydrogens is 370 g/mol. The molecule has 0 aliphatic heterocycles. The zero-order valence-electron chi connectivity index (χ0n) is 11.3. The van der Waals surface area contributed by atoms with Crippen LogP contribution in [-0.2, 0) is 19.5 Å². The first kappa shape index (κ1) is 17.9. The maximum absolute atomic E-state index is 12.6. The minimum absolute atomic E-state index is 0.0783. The maximum Gasteiger partial charge on any atom is 0.244 e. The van der Waals surface area contributed by atoms with E-state index in [2.05, 4.69) is 15.9 Å². The molecule has 0 saturated heterocycles. The molecule has 0 fully saturated rings. The number of ether oxygens (including phenoxy) is 2. The van der Waals surface area contributed by atoms with Crippen LogP contribution in [0.25, 0.3) is 0 Å². The van der Waals surface area contributed by atoms with Gasteiger partial charge in [0.05, 0.1) is 18.2 Å². The van der Waals surface area contributed by atoms with Gasteiger partial charge in [-0.05, 0) is 18.2 Å². The van der Waals surface area contributed by atoms with E-state index < -0.39 is 10.0 Å². The normalized spacial score (nSPS) is 12.1. The average molecular weight is 387 g/mol. The average Bonchev–Trinajstić information content (AvgIpc) is 2.38. The third-order valence-electron chi connectivity index (χ3n) is 2.60. The zero-order chi connectivity index (χ0) is 15.2. The minimum Gasteiger partial charge on any atom is -0.383 e. The zero-order valence-corrected chi connectivity index (χ0v) is 14.5. The molecule has 1 rings (SSSR count). The summed E-state index contributed by atoms with van der Waals surface area (Å²) in [6.07, 6.45) is 0. The Kier molecular flexibility index (Phi) is 7.42. The summed E-state index contributed by atoms with van der Waals surface area (Å²) in [5, 5.41) is 0.180. The van der Waals surface area contributed by atoms with E-state index in [-0.39, 0.29) is 23.0 Å². The summed E-state index contributed by atoms with van der Waals surface area (Å²) in [6, 6.07) is 4.68. The Bertz CT molecular complexity index is 530. The lowest BCUT2D eigenvalue weighted by molar-refractivity contribution is 0.150. The number of hydrogen-bond donors (Lipinski definition) is 0. The van der Waals surface area contributed by atoms with Gasteiger partial charge in [0.25, 0.3) is 0 Å². The van der Waals surface area contributed by atoms with Gasteiger partial charge in [-0.1, -0.05) is 27.5 Å². The van der Waals surface area contributed by atoms with Gasteiger partial charge in [-0.3, -0.25) is 0 Å². The molecule has 5 nitrogen and oxygen atoms in total. The van der Waals surface area contributed by atoms with Gasteiger partial charge >= 0.3 is 0 Å². The molecule has 1 aromatic rings. The van der Waals surface area contributed by atoms with Crippen LogP contribution in [0.4, 0.5) is 0 Å². The van der Waals surface area contributed by atoms with E-state index in [1.54, 1.807) is 12.1 Å². The van der Waals surface area contributed by atoms with Crippen LogP contribution in [0.2, 0.25) is 5.02 Å². The highest BCUT2D eigenvalue weighted by molar-refractivity contribution is 9.10. The molecule has 0 radical (unpaired) electrons. The molecule has 0 unspecified atom stereocenters. The lowest BCUT2D eigenvalue weighted by atomic mass is 10.4. The van der Waals surface area contributed by atoms with Crippen molar-refractivity contribution in [2.75, 3.05) is 40.5 Å². The number of halogens is 2. The summed E-state index contributed by atoms with van der Waals surface area (Å²) in [7, 11) is -0.629. The molecule has 0 atom stereocenters. The number of rotatable bonds is 8. The van der Waals surface area contributed by atoms with Crippen LogP contribution in [0.3, 0.4) is 0 Å². The summed E-state index contributed by atoms with van der Waals surface area (Å²) in [6.45, 7) is 1.09. The standard InChI is InChI=1S/C12H17BrClNO4S/c1-18-7-5-15(6-8-19-2)20(16,17)12-4-3-10(13)9-11(12)14/h3-4,9H,5-8H2,1-2H3. The maximum atomic E-state index is 12.6. The molecule has 20 heavy (non-hydrogen) atoms. The van der Waals surface area contributed by atoms with Crippen molar-refractivity contribution < 1.29 is 17.9 Å². The van der Waals surface area contributed by atoms with Gasteiger partial charge in [-0.15, -0.1) is 0 Å². The molecule has 8 heteroatoms. The van der Waals surface area contributed by atoms with Crippen molar-refractivity contribution in [1.29, 1.82) is 0 Å². The van der Waals surface area contributed by atoms with E-state index in [1.807, 2.05) is 0 Å². The third-order valence-corrected chi connectivity index (χ3v) is 5.48. The third kappa shape index (κ3) is 4.68. The Labute approximate surface area is 133 Å². The van der Waals surface area contributed by atoms with Crippen LogP contribution in [-0.4, -0.2) is 53.2 Å². The molecule has 0 spiro atoms. The summed E-state index contributed by atoms with van der Waals surface area (Å²) < 4.78 is 37.1. The first-order valence-electron chi connectivity index (χ1n) is 5.86. The van der Waals surface area contributed by atoms with E-state index in [0.717, 1.165) is 4.47 Å². The smallest absolute Gasteiger partial charge is 0.244 e. The summed E-state index contributed by atoms with van der Waals surface area (Å²) in [5.74, 6) is 0. The number of sulfonamides is 1. The Hall–Kier alpha value is -0.180. The van der Waals surface area contributed by atoms with Gasteiger partial charge in [0, 0.05) is 31.8 Å². The second kappa shape index (κ2) is 8.31. The van der Waals surface area contributed by atoms with Gasteiger partial charge < -0.3 is 9.47 Å². The van der Waals surface area contributed by atoms with E-state index in [9.17, 15) is 8.42 Å². The highest BCUT2D eigenvalue weighted by Crippen LogP contribution is 2.27. The predicted molar refractivity (Wildman–Crippen MR) is 81.7 cm³/mol. The van der Waals surface area contributed by atoms with Crippen LogP contribution in [0.15, 0.2) is 27.6 Å². The van der Waals surface area contributed by atoms with Gasteiger partial charge in [0.15, 0.2) is 0 Å². The number of nitrogens with zero attached hydrogens (tertiary/aromatic N) is 1. The fraction of sp³-hybridized carbons (Fsp3) is 0.500. The Morgan fingerprint density at radius 3 is 2.20 bits per heavy atom. The first-order chi connectivity index (χ1) is 9.43. The van der Waals surface area contributed by atoms with Gasteiger partial charge in [0.2, 0.25) is 10.0 Å². The van der Waals surface area contributed by atoms with Crippen molar-refractivity contribution in [1.82, 2.24) is 4.31 Å². The Morgan fingerprint density at radius 2 is 1.75 bits per heavy atom. The second-order valence-corrected chi connectivity index (χ2v) is 7.19. The monoisotopic (exact) mass is 385 g/mol. The topological polar surface area (TPSA) is 55.8 Å². The molecule has 0 amide bonds. The molecule has 0 saturated carbocycles. The number of methoxy groups -OCH3 is 2. The fourth-order valence-corrected chi connectivity index (χ4v) is 3.98. The van der Waals surface area contributed by atoms with Crippen molar-refractivity contribution in [3.05, 3.63) is 27.7 Å². The summed E-state index contributed by atoms with van der Waals surface area (Å²) >= 11 is 9.28. The quantitative estimate of drug-likeness (QED) is 0.688. The molecular formula is C12H17BrClNO4S. The summed E-state index contributed by atoms with van der Waals surface area (Å²) in [4.78, 5) is 0.0783. The minimum atomic E-state index is -3.67. The Balaban J connectivity index is 3.07. The van der Waals surface area contributed by atoms with E-state index >= 15 is 0 Å². The lowest BCUT2D eigenvalue weighted by Gasteiger charge is -2.22. The number of hydrogen-bond acceptors (Lipinski definition) is 4. The molecule has 1 aromatic carbocycles. The van der Waals surface area contributed by atoms with Gasteiger partial charge in [-0.25, -0.2) is 8.42 Å². The van der Waals surface area contributed by atoms with Crippen LogP contribution >= 0.6 is 27.5 Å². The molecule has 114 valence electrons. The number of benzene rings is 1. The molecule has 0 aliphatic rings. The van der Waals surface area contributed by atoms with Crippen LogP contribution < -0.4 is 0 Å². The summed E-state index contributed by atoms with van der Waals surface area (Å²) in [5.41, 5.74) is 0. The van der Waals surface area contributed by atoms with E-state index in [0.29, 0.717) is 13.2 Å². The van der Waals surface area contributed by atoms with Gasteiger partial charge in [0.1, 0.15) is 4.90 Å². The van der Waals surface area contributed by atoms with Crippen molar-refractivity contribution in [2.45, 2.75) is 4.90 Å². The first-order valence-corrected chi connectivity index (χ1v) is 8.47. The predicted octanol–water partition coefficient (Wildman–Crippen LogP) is 2.39. The van der Waals surface area contributed by atoms with Gasteiger partial charge in [-0.2, -0.15) is 4.31 Å². The fourth-order valence-electron chi connectivity index (χ4n) is 1.56. The van der Waals surface area contributed by atoms with E-state index in [1.165, 1.54) is 24.6 Å². The highest BCUT2D eigenvalue weighted by atomic mass is 79.9. The lowest BCUT2D eigenvalue weighted by Crippen LogP contribution is -2.36. The SMILES string of the molecule is COCCN(CCOC)S(=O)(=O)c1ccc(Br)cc1Cl. The van der Waals surface area contributed by atoms with Crippen LogP contribution in [0.5, 0.6) is 0 Å². The second-order valence-electron chi connectivity index (χ2n) is 3.96. The van der Waals surface area contributed by atoms with Crippen molar-refractivity contribution in [3.8, 4) is 0 Å². The van der Waals surface area contributed by atoms with Crippen LogP contribution in [0.1, 0.15) is 0 Å². The molecule has 0 aliphatic carbocycles. The van der Waals surface area contributed by atoms with Crippen molar-refractivity contribution in [2.24, 2.45) is 0 Å². The van der Waals surface area contributed by atoms with Crippen molar-refractivity contribution >= 4 is 37.6 Å². The largest absolute Gasteiger partial charge is 0.383 e.